The van der Waals surface area contributed by atoms with Gasteiger partial charge in [-0.2, -0.15) is 5.10 Å². The van der Waals surface area contributed by atoms with E-state index in [-0.39, 0.29) is 5.91 Å². The van der Waals surface area contributed by atoms with E-state index >= 15 is 0 Å². The van der Waals surface area contributed by atoms with Crippen molar-refractivity contribution in [1.82, 2.24) is 20.0 Å². The number of amides is 1. The van der Waals surface area contributed by atoms with Crippen molar-refractivity contribution in [3.63, 3.8) is 0 Å². The van der Waals surface area contributed by atoms with Crippen molar-refractivity contribution < 1.29 is 4.79 Å². The first-order valence-corrected chi connectivity index (χ1v) is 5.92. The molecule has 2 rings (SSSR count). The quantitative estimate of drug-likeness (QED) is 0.709. The third kappa shape index (κ3) is 2.83. The molecule has 6 heteroatoms. The van der Waals surface area contributed by atoms with Crippen molar-refractivity contribution >= 4 is 5.91 Å². The van der Waals surface area contributed by atoms with E-state index in [0.717, 1.165) is 38.2 Å². The smallest absolute Gasteiger partial charge is 0.244 e. The minimum Gasteiger partial charge on any atom is -0.340 e. The molecule has 0 aromatic carbocycles. The maximum absolute atomic E-state index is 12.2. The summed E-state index contributed by atoms with van der Waals surface area (Å²) in [5, 5.41) is 7.30. The molecule has 1 aliphatic rings. The van der Waals surface area contributed by atoms with Crippen LogP contribution in [-0.4, -0.2) is 46.8 Å². The SMILES string of the molecule is Cn1cc(C(N)C(=O)N2CCCNCC2)cn1. The number of nitrogens with one attached hydrogen (secondary N) is 1. The van der Waals surface area contributed by atoms with Crippen LogP contribution in [-0.2, 0) is 11.8 Å². The van der Waals surface area contributed by atoms with Gasteiger partial charge >= 0.3 is 0 Å². The number of aromatic nitrogens is 2. The van der Waals surface area contributed by atoms with Gasteiger partial charge < -0.3 is 16.0 Å². The van der Waals surface area contributed by atoms with Crippen LogP contribution in [0, 0.1) is 0 Å². The van der Waals surface area contributed by atoms with Crippen LogP contribution >= 0.6 is 0 Å². The van der Waals surface area contributed by atoms with Crippen LogP contribution in [0.3, 0.4) is 0 Å². The Kier molecular flexibility index (Phi) is 3.75. The lowest BCUT2D eigenvalue weighted by molar-refractivity contribution is -0.132. The Bertz CT molecular complexity index is 381. The number of rotatable bonds is 2. The van der Waals surface area contributed by atoms with Crippen LogP contribution in [0.25, 0.3) is 0 Å². The number of carbonyl (C=O) groups is 1. The lowest BCUT2D eigenvalue weighted by atomic mass is 10.1. The molecule has 1 aliphatic heterocycles. The summed E-state index contributed by atoms with van der Waals surface area (Å²) in [7, 11) is 1.82. The van der Waals surface area contributed by atoms with E-state index in [2.05, 4.69) is 10.4 Å². The first-order chi connectivity index (χ1) is 8.18. The van der Waals surface area contributed by atoms with Crippen molar-refractivity contribution in [2.24, 2.45) is 12.8 Å². The molecule has 1 fully saturated rings. The van der Waals surface area contributed by atoms with Gasteiger partial charge in [-0.3, -0.25) is 9.48 Å². The highest BCUT2D eigenvalue weighted by molar-refractivity contribution is 5.83. The molecule has 1 unspecified atom stereocenters. The second kappa shape index (κ2) is 5.29. The van der Waals surface area contributed by atoms with Crippen molar-refractivity contribution in [3.8, 4) is 0 Å². The zero-order chi connectivity index (χ0) is 12.3. The molecule has 1 atom stereocenters. The van der Waals surface area contributed by atoms with E-state index in [4.69, 9.17) is 5.73 Å². The topological polar surface area (TPSA) is 76.2 Å². The fourth-order valence-corrected chi connectivity index (χ4v) is 2.01. The number of hydrogen-bond donors (Lipinski definition) is 2. The molecule has 1 aromatic rings. The number of nitrogens with two attached hydrogens (primary N) is 1. The predicted molar refractivity (Wildman–Crippen MR) is 64.2 cm³/mol. The zero-order valence-corrected chi connectivity index (χ0v) is 10.1. The summed E-state index contributed by atoms with van der Waals surface area (Å²) in [5.41, 5.74) is 6.74. The molecule has 0 bridgehead atoms. The van der Waals surface area contributed by atoms with Gasteiger partial charge in [-0.1, -0.05) is 0 Å². The number of aryl methyl sites for hydroxylation is 1. The number of nitrogens with zero attached hydrogens (tertiary/aromatic N) is 3. The Morgan fingerprint density at radius 3 is 3.06 bits per heavy atom. The fourth-order valence-electron chi connectivity index (χ4n) is 2.01. The summed E-state index contributed by atoms with van der Waals surface area (Å²) in [6.07, 6.45) is 4.42. The summed E-state index contributed by atoms with van der Waals surface area (Å²) < 4.78 is 1.66. The van der Waals surface area contributed by atoms with E-state index in [9.17, 15) is 4.79 Å². The van der Waals surface area contributed by atoms with Gasteiger partial charge in [0.1, 0.15) is 6.04 Å². The Balaban J connectivity index is 2.03. The molecule has 1 saturated heterocycles. The summed E-state index contributed by atoms with van der Waals surface area (Å²) in [6, 6.07) is -0.596. The Hall–Kier alpha value is -1.40. The molecule has 3 N–H and O–H groups in total. The van der Waals surface area contributed by atoms with Crippen LogP contribution in [0.15, 0.2) is 12.4 Å². The molecule has 2 heterocycles. The monoisotopic (exact) mass is 237 g/mol. The lowest BCUT2D eigenvalue weighted by Crippen LogP contribution is -2.40. The highest BCUT2D eigenvalue weighted by atomic mass is 16.2. The van der Waals surface area contributed by atoms with E-state index in [1.807, 2.05) is 11.9 Å². The molecule has 0 radical (unpaired) electrons. The summed E-state index contributed by atoms with van der Waals surface area (Å²) in [4.78, 5) is 14.0. The third-order valence-corrected chi connectivity index (χ3v) is 3.00. The zero-order valence-electron chi connectivity index (χ0n) is 10.1. The standard InChI is InChI=1S/C11H19N5O/c1-15-8-9(7-14-15)10(12)11(17)16-5-2-3-13-4-6-16/h7-8,10,13H,2-6,12H2,1H3. The van der Waals surface area contributed by atoms with E-state index in [0.29, 0.717) is 0 Å². The Morgan fingerprint density at radius 1 is 1.53 bits per heavy atom. The fraction of sp³-hybridized carbons (Fsp3) is 0.636. The summed E-state index contributed by atoms with van der Waals surface area (Å²) in [6.45, 7) is 3.31. The van der Waals surface area contributed by atoms with Gasteiger partial charge in [-0.05, 0) is 13.0 Å². The maximum atomic E-state index is 12.2. The highest BCUT2D eigenvalue weighted by Crippen LogP contribution is 2.12. The predicted octanol–water partition coefficient (Wildman–Crippen LogP) is -0.758. The maximum Gasteiger partial charge on any atom is 0.244 e. The van der Waals surface area contributed by atoms with Crippen molar-refractivity contribution in [2.75, 3.05) is 26.2 Å². The molecular formula is C11H19N5O. The van der Waals surface area contributed by atoms with E-state index in [1.165, 1.54) is 0 Å². The molecule has 1 aromatic heterocycles. The summed E-state index contributed by atoms with van der Waals surface area (Å²) >= 11 is 0. The van der Waals surface area contributed by atoms with Crippen LogP contribution in [0.5, 0.6) is 0 Å². The number of carbonyl (C=O) groups excluding carboxylic acids is 1. The van der Waals surface area contributed by atoms with Crippen LogP contribution in [0.2, 0.25) is 0 Å². The molecule has 17 heavy (non-hydrogen) atoms. The van der Waals surface area contributed by atoms with Gasteiger partial charge in [0.15, 0.2) is 0 Å². The first kappa shape index (κ1) is 12.1. The average Bonchev–Trinajstić information content (AvgIpc) is 2.60. The molecular weight excluding hydrogens is 218 g/mol. The van der Waals surface area contributed by atoms with Crippen molar-refractivity contribution in [1.29, 1.82) is 0 Å². The highest BCUT2D eigenvalue weighted by Gasteiger charge is 2.23. The minimum absolute atomic E-state index is 0.0123. The largest absolute Gasteiger partial charge is 0.340 e. The Labute approximate surface area is 101 Å². The normalized spacial score (nSPS) is 18.8. The van der Waals surface area contributed by atoms with E-state index < -0.39 is 6.04 Å². The summed E-state index contributed by atoms with van der Waals surface area (Å²) in [5.74, 6) is -0.0123. The lowest BCUT2D eigenvalue weighted by Gasteiger charge is -2.23. The molecule has 0 spiro atoms. The minimum atomic E-state index is -0.596. The molecule has 1 amide bonds. The third-order valence-electron chi connectivity index (χ3n) is 3.00. The average molecular weight is 237 g/mol. The van der Waals surface area contributed by atoms with Gasteiger partial charge in [0.25, 0.3) is 0 Å². The molecule has 6 nitrogen and oxygen atoms in total. The number of hydrogen-bond acceptors (Lipinski definition) is 4. The molecule has 0 saturated carbocycles. The van der Waals surface area contributed by atoms with E-state index in [1.54, 1.807) is 17.1 Å². The van der Waals surface area contributed by atoms with Gasteiger partial charge in [0.2, 0.25) is 5.91 Å². The second-order valence-electron chi connectivity index (χ2n) is 4.35. The Morgan fingerprint density at radius 2 is 2.35 bits per heavy atom. The molecule has 0 aliphatic carbocycles. The van der Waals surface area contributed by atoms with Gasteiger partial charge in [0.05, 0.1) is 6.20 Å². The van der Waals surface area contributed by atoms with Gasteiger partial charge in [-0.25, -0.2) is 0 Å². The van der Waals surface area contributed by atoms with Crippen molar-refractivity contribution in [3.05, 3.63) is 18.0 Å². The van der Waals surface area contributed by atoms with Crippen LogP contribution in [0.1, 0.15) is 18.0 Å². The second-order valence-corrected chi connectivity index (χ2v) is 4.35. The molecule has 94 valence electrons. The first-order valence-electron chi connectivity index (χ1n) is 5.92. The van der Waals surface area contributed by atoms with Gasteiger partial charge in [-0.15, -0.1) is 0 Å². The van der Waals surface area contributed by atoms with Crippen molar-refractivity contribution in [2.45, 2.75) is 12.5 Å². The van der Waals surface area contributed by atoms with Crippen LogP contribution in [0.4, 0.5) is 0 Å². The van der Waals surface area contributed by atoms with Crippen LogP contribution < -0.4 is 11.1 Å². The van der Waals surface area contributed by atoms with Gasteiger partial charge in [0, 0.05) is 38.4 Å².